The molecule has 0 aromatic rings. The molecule has 44 valence electrons. The van der Waals surface area contributed by atoms with E-state index in [1.165, 1.54) is 6.42 Å². The molecule has 0 aromatic heterocycles. The third-order valence-corrected chi connectivity index (χ3v) is 2.15. The fourth-order valence-corrected chi connectivity index (χ4v) is 1.67. The van der Waals surface area contributed by atoms with Gasteiger partial charge < -0.3 is 5.32 Å². The van der Waals surface area contributed by atoms with Crippen molar-refractivity contribution in [1.29, 1.82) is 0 Å². The minimum absolute atomic E-state index is 0.293. The van der Waals surface area contributed by atoms with Gasteiger partial charge in [-0.3, -0.25) is 4.79 Å². The van der Waals surface area contributed by atoms with Gasteiger partial charge in [-0.05, 0) is 19.3 Å². The minimum Gasteiger partial charge on any atom is -0.353 e. The molecule has 1 heterocycles. The third kappa shape index (κ3) is 0.403. The molecule has 1 aliphatic heterocycles. The molecule has 2 unspecified atom stereocenters. The van der Waals surface area contributed by atoms with Crippen LogP contribution in [0.25, 0.3) is 0 Å². The van der Waals surface area contributed by atoms with Crippen LogP contribution >= 0.6 is 0 Å². The Hall–Kier alpha value is -0.530. The summed E-state index contributed by atoms with van der Waals surface area (Å²) in [4.78, 5) is 10.7. The van der Waals surface area contributed by atoms with Crippen LogP contribution in [0.1, 0.15) is 19.3 Å². The topological polar surface area (TPSA) is 29.1 Å². The van der Waals surface area contributed by atoms with Crippen molar-refractivity contribution < 1.29 is 4.79 Å². The Balaban J connectivity index is 2.22. The third-order valence-electron chi connectivity index (χ3n) is 2.15. The van der Waals surface area contributed by atoms with Gasteiger partial charge in [-0.25, -0.2) is 0 Å². The number of rotatable bonds is 0. The number of piperidine rings is 1. The first kappa shape index (κ1) is 4.36. The minimum atomic E-state index is 0.293. The lowest BCUT2D eigenvalue weighted by Crippen LogP contribution is -2.30. The van der Waals surface area contributed by atoms with Crippen LogP contribution < -0.4 is 5.32 Å². The summed E-state index contributed by atoms with van der Waals surface area (Å²) in [5, 5.41) is 2.91. The number of carbonyl (C=O) groups excluding carboxylic acids is 1. The van der Waals surface area contributed by atoms with Crippen LogP contribution in [-0.2, 0) is 4.79 Å². The van der Waals surface area contributed by atoms with Gasteiger partial charge in [0.05, 0.1) is 0 Å². The summed E-state index contributed by atoms with van der Waals surface area (Å²) >= 11 is 0. The van der Waals surface area contributed by atoms with E-state index in [9.17, 15) is 4.79 Å². The Morgan fingerprint density at radius 2 is 2.38 bits per heavy atom. The maximum atomic E-state index is 10.7. The largest absolute Gasteiger partial charge is 0.353 e. The first-order valence-electron chi connectivity index (χ1n) is 3.16. The molecule has 0 spiro atoms. The summed E-state index contributed by atoms with van der Waals surface area (Å²) in [7, 11) is 0. The molecule has 2 rings (SSSR count). The molecular weight excluding hydrogens is 102 g/mol. The fourth-order valence-electron chi connectivity index (χ4n) is 1.67. The van der Waals surface area contributed by atoms with Gasteiger partial charge in [0.25, 0.3) is 0 Å². The van der Waals surface area contributed by atoms with E-state index in [0.29, 0.717) is 17.9 Å². The van der Waals surface area contributed by atoms with Crippen molar-refractivity contribution in [1.82, 2.24) is 5.32 Å². The van der Waals surface area contributed by atoms with Crippen LogP contribution in [-0.4, -0.2) is 11.9 Å². The zero-order valence-electron chi connectivity index (χ0n) is 4.68. The molecule has 1 saturated heterocycles. The van der Waals surface area contributed by atoms with Crippen molar-refractivity contribution >= 4 is 5.91 Å². The second-order valence-electron chi connectivity index (χ2n) is 2.72. The van der Waals surface area contributed by atoms with Crippen LogP contribution in [0.2, 0.25) is 0 Å². The molecule has 1 N–H and O–H groups in total. The van der Waals surface area contributed by atoms with Crippen LogP contribution in [0.15, 0.2) is 0 Å². The van der Waals surface area contributed by atoms with Gasteiger partial charge >= 0.3 is 0 Å². The highest BCUT2D eigenvalue weighted by Crippen LogP contribution is 2.31. The summed E-state index contributed by atoms with van der Waals surface area (Å²) in [6.45, 7) is 0. The zero-order valence-corrected chi connectivity index (χ0v) is 4.68. The number of carbonyl (C=O) groups is 1. The molecule has 0 aromatic carbocycles. The zero-order chi connectivity index (χ0) is 5.56. The van der Waals surface area contributed by atoms with Gasteiger partial charge in [-0.15, -0.1) is 0 Å². The number of hydrogen-bond donors (Lipinski definition) is 1. The van der Waals surface area contributed by atoms with E-state index in [-0.39, 0.29) is 0 Å². The Bertz CT molecular complexity index is 132. The first-order chi connectivity index (χ1) is 3.86. The number of fused-ring (bicyclic) bond motifs is 2. The smallest absolute Gasteiger partial charge is 0.223 e. The molecule has 0 radical (unpaired) electrons. The van der Waals surface area contributed by atoms with E-state index in [1.807, 2.05) is 0 Å². The quantitative estimate of drug-likeness (QED) is 0.478. The molecule has 1 aliphatic carbocycles. The van der Waals surface area contributed by atoms with E-state index in [0.717, 1.165) is 12.8 Å². The van der Waals surface area contributed by atoms with E-state index in [1.54, 1.807) is 0 Å². The van der Waals surface area contributed by atoms with Crippen molar-refractivity contribution in [2.75, 3.05) is 0 Å². The molecule has 1 saturated carbocycles. The highest BCUT2D eigenvalue weighted by molar-refractivity contribution is 5.82. The Morgan fingerprint density at radius 3 is 2.62 bits per heavy atom. The SMILES string of the molecule is O=C1NC2CCC1C2. The first-order valence-corrected chi connectivity index (χ1v) is 3.16. The highest BCUT2D eigenvalue weighted by Gasteiger charge is 2.37. The molecule has 1 amide bonds. The van der Waals surface area contributed by atoms with E-state index < -0.39 is 0 Å². The van der Waals surface area contributed by atoms with E-state index >= 15 is 0 Å². The Kier molecular flexibility index (Phi) is 0.678. The maximum absolute atomic E-state index is 10.7. The van der Waals surface area contributed by atoms with E-state index in [2.05, 4.69) is 5.32 Å². The molecular formula is C6H9NO. The summed E-state index contributed by atoms with van der Waals surface area (Å²) in [6.07, 6.45) is 3.46. The standard InChI is InChI=1S/C6H9NO/c8-6-4-1-2-5(3-4)7-6/h4-5H,1-3H2,(H,7,8). The van der Waals surface area contributed by atoms with Crippen molar-refractivity contribution in [3.8, 4) is 0 Å². The van der Waals surface area contributed by atoms with Crippen molar-refractivity contribution in [2.24, 2.45) is 5.92 Å². The molecule has 2 heteroatoms. The van der Waals surface area contributed by atoms with Gasteiger partial charge in [0.2, 0.25) is 5.91 Å². The van der Waals surface area contributed by atoms with Gasteiger partial charge in [-0.2, -0.15) is 0 Å². The second kappa shape index (κ2) is 1.24. The summed E-state index contributed by atoms with van der Waals surface area (Å²) < 4.78 is 0. The molecule has 2 aliphatic rings. The Morgan fingerprint density at radius 1 is 1.50 bits per heavy atom. The molecule has 2 bridgehead atoms. The number of nitrogens with one attached hydrogen (secondary N) is 1. The van der Waals surface area contributed by atoms with Crippen molar-refractivity contribution in [3.63, 3.8) is 0 Å². The highest BCUT2D eigenvalue weighted by atomic mass is 16.2. The maximum Gasteiger partial charge on any atom is 0.223 e. The summed E-state index contributed by atoms with van der Waals surface area (Å²) in [5.41, 5.74) is 0. The van der Waals surface area contributed by atoms with Crippen molar-refractivity contribution in [3.05, 3.63) is 0 Å². The average molecular weight is 111 g/mol. The van der Waals surface area contributed by atoms with E-state index in [4.69, 9.17) is 0 Å². The van der Waals surface area contributed by atoms with Crippen LogP contribution in [0.5, 0.6) is 0 Å². The predicted octanol–water partition coefficient (Wildman–Crippen LogP) is 0.285. The van der Waals surface area contributed by atoms with Gasteiger partial charge in [0.1, 0.15) is 0 Å². The average Bonchev–Trinajstić information content (AvgIpc) is 2.23. The normalized spacial score (nSPS) is 42.8. The van der Waals surface area contributed by atoms with Crippen LogP contribution in [0, 0.1) is 5.92 Å². The second-order valence-corrected chi connectivity index (χ2v) is 2.72. The summed E-state index contributed by atoms with van der Waals surface area (Å²) in [6, 6.07) is 0.549. The monoisotopic (exact) mass is 111 g/mol. The lowest BCUT2D eigenvalue weighted by atomic mass is 10.1. The lowest BCUT2D eigenvalue weighted by molar-refractivity contribution is -0.123. The van der Waals surface area contributed by atoms with Crippen molar-refractivity contribution in [2.45, 2.75) is 25.3 Å². The fraction of sp³-hybridized carbons (Fsp3) is 0.833. The van der Waals surface area contributed by atoms with Gasteiger partial charge in [0, 0.05) is 12.0 Å². The molecule has 2 atom stereocenters. The number of hydrogen-bond acceptors (Lipinski definition) is 1. The predicted molar refractivity (Wildman–Crippen MR) is 29.3 cm³/mol. The molecule has 8 heavy (non-hydrogen) atoms. The van der Waals surface area contributed by atoms with Gasteiger partial charge in [0.15, 0.2) is 0 Å². The number of amides is 1. The summed E-state index contributed by atoms with van der Waals surface area (Å²) in [5.74, 6) is 0.682. The molecule has 2 nitrogen and oxygen atoms in total. The van der Waals surface area contributed by atoms with Gasteiger partial charge in [-0.1, -0.05) is 0 Å². The molecule has 2 fully saturated rings. The van der Waals surface area contributed by atoms with Crippen LogP contribution in [0.4, 0.5) is 0 Å². The van der Waals surface area contributed by atoms with Crippen LogP contribution in [0.3, 0.4) is 0 Å². The Labute approximate surface area is 48.3 Å². The lowest BCUT2D eigenvalue weighted by Gasteiger charge is -2.08.